The van der Waals surface area contributed by atoms with E-state index in [2.05, 4.69) is 72.7 Å². The van der Waals surface area contributed by atoms with Crippen LogP contribution < -0.4 is 5.32 Å². The molecule has 0 saturated heterocycles. The zero-order chi connectivity index (χ0) is 17.2. The van der Waals surface area contributed by atoms with Crippen molar-refractivity contribution in [2.24, 2.45) is 0 Å². The molecule has 0 unspecified atom stereocenters. The first kappa shape index (κ1) is 16.2. The summed E-state index contributed by atoms with van der Waals surface area (Å²) >= 11 is 0. The topological polar surface area (TPSA) is 60.6 Å². The van der Waals surface area contributed by atoms with Crippen molar-refractivity contribution in [3.8, 4) is 11.4 Å². The number of hydrogen-bond acceptors (Lipinski definition) is 4. The summed E-state index contributed by atoms with van der Waals surface area (Å²) in [5.74, 6) is 0.890. The van der Waals surface area contributed by atoms with Gasteiger partial charge in [-0.05, 0) is 39.8 Å². The summed E-state index contributed by atoms with van der Waals surface area (Å²) in [5.41, 5.74) is 3.28. The first-order valence-electron chi connectivity index (χ1n) is 8.23. The van der Waals surface area contributed by atoms with Crippen molar-refractivity contribution >= 4 is 5.69 Å². The first-order valence-corrected chi connectivity index (χ1v) is 8.23. The van der Waals surface area contributed by atoms with Gasteiger partial charge in [-0.25, -0.2) is 0 Å². The van der Waals surface area contributed by atoms with Crippen molar-refractivity contribution in [1.29, 1.82) is 0 Å². The van der Waals surface area contributed by atoms with Gasteiger partial charge in [0.2, 0.25) is 0 Å². The van der Waals surface area contributed by atoms with Gasteiger partial charge in [0.05, 0.1) is 11.7 Å². The van der Waals surface area contributed by atoms with Crippen molar-refractivity contribution in [2.75, 3.05) is 5.32 Å². The molecule has 6 heteroatoms. The molecule has 1 N–H and O–H groups in total. The SMILES string of the molecule is CCn1cnnc1-c1cccc(NCc2cnn(C(C)(C)C)c2)c1. The zero-order valence-electron chi connectivity index (χ0n) is 14.7. The van der Waals surface area contributed by atoms with Crippen molar-refractivity contribution in [2.45, 2.75) is 46.3 Å². The Kier molecular flexibility index (Phi) is 4.38. The Hall–Kier alpha value is -2.63. The standard InChI is InChI=1S/C18H24N6/c1-5-23-13-20-22-17(23)15-7-6-8-16(9-15)19-10-14-11-21-24(12-14)18(2,3)4/h6-9,11-13,19H,5,10H2,1-4H3. The van der Waals surface area contributed by atoms with E-state index in [4.69, 9.17) is 0 Å². The summed E-state index contributed by atoms with van der Waals surface area (Å²) in [6, 6.07) is 8.25. The lowest BCUT2D eigenvalue weighted by Crippen LogP contribution is -2.21. The molecule has 24 heavy (non-hydrogen) atoms. The van der Waals surface area contributed by atoms with E-state index >= 15 is 0 Å². The molecule has 0 radical (unpaired) electrons. The minimum absolute atomic E-state index is 0.00238. The molecule has 3 aromatic rings. The van der Waals surface area contributed by atoms with E-state index in [0.717, 1.165) is 35.7 Å². The lowest BCUT2D eigenvalue weighted by Gasteiger charge is -2.18. The molecule has 6 nitrogen and oxygen atoms in total. The number of nitrogens with one attached hydrogen (secondary N) is 1. The molecule has 0 aliphatic carbocycles. The van der Waals surface area contributed by atoms with Crippen molar-refractivity contribution in [3.05, 3.63) is 48.5 Å². The Morgan fingerprint density at radius 3 is 2.75 bits per heavy atom. The van der Waals surface area contributed by atoms with Crippen LogP contribution >= 0.6 is 0 Å². The number of aryl methyl sites for hydroxylation is 1. The lowest BCUT2D eigenvalue weighted by atomic mass is 10.1. The molecule has 1 aromatic carbocycles. The number of rotatable bonds is 5. The van der Waals surface area contributed by atoms with E-state index < -0.39 is 0 Å². The number of hydrogen-bond donors (Lipinski definition) is 1. The quantitative estimate of drug-likeness (QED) is 0.780. The first-order chi connectivity index (χ1) is 11.5. The molecule has 0 bridgehead atoms. The molecule has 0 aliphatic heterocycles. The summed E-state index contributed by atoms with van der Waals surface area (Å²) in [6.07, 6.45) is 5.76. The molecule has 0 saturated carbocycles. The monoisotopic (exact) mass is 324 g/mol. The Morgan fingerprint density at radius 1 is 1.21 bits per heavy atom. The van der Waals surface area contributed by atoms with Gasteiger partial charge < -0.3 is 9.88 Å². The van der Waals surface area contributed by atoms with E-state index in [0.29, 0.717) is 0 Å². The van der Waals surface area contributed by atoms with Crippen molar-refractivity contribution in [3.63, 3.8) is 0 Å². The summed E-state index contributed by atoms with van der Waals surface area (Å²) in [4.78, 5) is 0. The van der Waals surface area contributed by atoms with Gasteiger partial charge in [-0.2, -0.15) is 5.10 Å². The molecular formula is C18H24N6. The van der Waals surface area contributed by atoms with E-state index in [9.17, 15) is 0 Å². The van der Waals surface area contributed by atoms with Crippen LogP contribution in [-0.4, -0.2) is 24.5 Å². The molecule has 2 heterocycles. The molecule has 0 spiro atoms. The van der Waals surface area contributed by atoms with Crippen LogP contribution in [0.1, 0.15) is 33.3 Å². The smallest absolute Gasteiger partial charge is 0.163 e. The third-order valence-corrected chi connectivity index (χ3v) is 3.90. The fraction of sp³-hybridized carbons (Fsp3) is 0.389. The van der Waals surface area contributed by atoms with Gasteiger partial charge in [0.25, 0.3) is 0 Å². The largest absolute Gasteiger partial charge is 0.381 e. The van der Waals surface area contributed by atoms with Crippen LogP contribution in [-0.2, 0) is 18.6 Å². The van der Waals surface area contributed by atoms with Crippen LogP contribution in [0.4, 0.5) is 5.69 Å². The van der Waals surface area contributed by atoms with Crippen LogP contribution in [0.3, 0.4) is 0 Å². The molecule has 0 fully saturated rings. The average Bonchev–Trinajstić information content (AvgIpc) is 3.21. The summed E-state index contributed by atoms with van der Waals surface area (Å²) < 4.78 is 4.02. The molecular weight excluding hydrogens is 300 g/mol. The Bertz CT molecular complexity index is 809. The maximum absolute atomic E-state index is 4.44. The minimum atomic E-state index is 0.00238. The van der Waals surface area contributed by atoms with Crippen molar-refractivity contribution < 1.29 is 0 Å². The summed E-state index contributed by atoms with van der Waals surface area (Å²) in [5, 5.41) is 16.1. The fourth-order valence-electron chi connectivity index (χ4n) is 2.50. The lowest BCUT2D eigenvalue weighted by molar-refractivity contribution is 0.355. The van der Waals surface area contributed by atoms with Crippen LogP contribution in [0.25, 0.3) is 11.4 Å². The van der Waals surface area contributed by atoms with Crippen LogP contribution in [0.5, 0.6) is 0 Å². The highest BCUT2D eigenvalue weighted by atomic mass is 15.3. The van der Waals surface area contributed by atoms with Crippen LogP contribution in [0.15, 0.2) is 43.0 Å². The normalized spacial score (nSPS) is 11.7. The number of anilines is 1. The third kappa shape index (κ3) is 3.48. The van der Waals surface area contributed by atoms with Crippen molar-refractivity contribution in [1.82, 2.24) is 24.5 Å². The molecule has 0 aliphatic rings. The maximum Gasteiger partial charge on any atom is 0.163 e. The third-order valence-electron chi connectivity index (χ3n) is 3.90. The van der Waals surface area contributed by atoms with E-state index in [1.54, 1.807) is 6.33 Å². The predicted molar refractivity (Wildman–Crippen MR) is 95.7 cm³/mol. The molecule has 3 rings (SSSR count). The second-order valence-electron chi connectivity index (χ2n) is 6.84. The van der Waals surface area contributed by atoms with Gasteiger partial charge in [0.15, 0.2) is 5.82 Å². The highest BCUT2D eigenvalue weighted by Crippen LogP contribution is 2.21. The Labute approximate surface area is 142 Å². The van der Waals surface area contributed by atoms with Gasteiger partial charge in [-0.3, -0.25) is 4.68 Å². The van der Waals surface area contributed by atoms with Crippen LogP contribution in [0, 0.1) is 0 Å². The van der Waals surface area contributed by atoms with E-state index in [-0.39, 0.29) is 5.54 Å². The molecule has 2 aromatic heterocycles. The second-order valence-corrected chi connectivity index (χ2v) is 6.84. The molecule has 0 atom stereocenters. The summed E-state index contributed by atoms with van der Waals surface area (Å²) in [6.45, 7) is 10.1. The maximum atomic E-state index is 4.44. The minimum Gasteiger partial charge on any atom is -0.381 e. The molecule has 126 valence electrons. The number of benzene rings is 1. The predicted octanol–water partition coefficient (Wildman–Crippen LogP) is 3.53. The van der Waals surface area contributed by atoms with Gasteiger partial charge in [-0.15, -0.1) is 10.2 Å². The van der Waals surface area contributed by atoms with E-state index in [1.165, 1.54) is 0 Å². The number of nitrogens with zero attached hydrogens (tertiary/aromatic N) is 5. The van der Waals surface area contributed by atoms with Gasteiger partial charge >= 0.3 is 0 Å². The molecule has 0 amide bonds. The highest BCUT2D eigenvalue weighted by molar-refractivity contribution is 5.62. The average molecular weight is 324 g/mol. The van der Waals surface area contributed by atoms with Crippen LogP contribution in [0.2, 0.25) is 0 Å². The van der Waals surface area contributed by atoms with Gasteiger partial charge in [-0.1, -0.05) is 12.1 Å². The Balaban J connectivity index is 1.72. The fourth-order valence-corrected chi connectivity index (χ4v) is 2.50. The summed E-state index contributed by atoms with van der Waals surface area (Å²) in [7, 11) is 0. The Morgan fingerprint density at radius 2 is 2.04 bits per heavy atom. The van der Waals surface area contributed by atoms with E-state index in [1.807, 2.05) is 21.5 Å². The second kappa shape index (κ2) is 6.47. The zero-order valence-corrected chi connectivity index (χ0v) is 14.7. The van der Waals surface area contributed by atoms with Gasteiger partial charge in [0, 0.05) is 36.1 Å². The van der Waals surface area contributed by atoms with Gasteiger partial charge in [0.1, 0.15) is 6.33 Å². The number of aromatic nitrogens is 5. The highest BCUT2D eigenvalue weighted by Gasteiger charge is 2.13.